The fourth-order valence-electron chi connectivity index (χ4n) is 1.09. The minimum absolute atomic E-state index is 0.843. The lowest BCUT2D eigenvalue weighted by atomic mass is 9.93. The van der Waals surface area contributed by atoms with Crippen molar-refractivity contribution in [2.75, 3.05) is 0 Å². The van der Waals surface area contributed by atoms with Crippen molar-refractivity contribution in [3.63, 3.8) is 0 Å². The van der Waals surface area contributed by atoms with Crippen molar-refractivity contribution in [1.29, 1.82) is 0 Å². The Morgan fingerprint density at radius 3 is 3.10 bits per heavy atom. The van der Waals surface area contributed by atoms with Crippen molar-refractivity contribution < 1.29 is 5.11 Å². The highest BCUT2D eigenvalue weighted by Crippen LogP contribution is 2.25. The largest absolute Gasteiger partial charge is 0.376 e. The Morgan fingerprint density at radius 1 is 1.40 bits per heavy atom. The number of aliphatic hydroxyl groups is 1. The van der Waals surface area contributed by atoms with Crippen molar-refractivity contribution in [2.45, 2.75) is 5.60 Å². The maximum Gasteiger partial charge on any atom is 0.145 e. The third-order valence-corrected chi connectivity index (χ3v) is 1.68. The van der Waals surface area contributed by atoms with E-state index in [2.05, 4.69) is 4.99 Å². The summed E-state index contributed by atoms with van der Waals surface area (Å²) in [6.45, 7) is 0. The molecule has 0 fully saturated rings. The van der Waals surface area contributed by atoms with Crippen LogP contribution < -0.4 is 0 Å². The van der Waals surface area contributed by atoms with Gasteiger partial charge in [0.25, 0.3) is 0 Å². The molecule has 1 aliphatic carbocycles. The molecule has 2 rings (SSSR count). The summed E-state index contributed by atoms with van der Waals surface area (Å²) in [6.07, 6.45) is 10.5. The maximum absolute atomic E-state index is 9.66. The Morgan fingerprint density at radius 2 is 2.30 bits per heavy atom. The first-order chi connectivity index (χ1) is 4.81. The van der Waals surface area contributed by atoms with Crippen LogP contribution in [-0.4, -0.2) is 16.9 Å². The number of nitrogens with zero attached hydrogens (tertiary/aromatic N) is 1. The van der Waals surface area contributed by atoms with Crippen LogP contribution in [0, 0.1) is 0 Å². The zero-order valence-electron chi connectivity index (χ0n) is 5.36. The Bertz CT molecular complexity index is 273. The van der Waals surface area contributed by atoms with E-state index in [4.69, 9.17) is 0 Å². The molecule has 0 amide bonds. The van der Waals surface area contributed by atoms with Crippen LogP contribution in [0.4, 0.5) is 0 Å². The summed E-state index contributed by atoms with van der Waals surface area (Å²) in [7, 11) is 0. The van der Waals surface area contributed by atoms with Crippen molar-refractivity contribution in [3.05, 3.63) is 36.1 Å². The van der Waals surface area contributed by atoms with E-state index >= 15 is 0 Å². The van der Waals surface area contributed by atoms with Crippen LogP contribution in [0.2, 0.25) is 0 Å². The molecule has 0 aromatic heterocycles. The predicted molar refractivity (Wildman–Crippen MR) is 39.8 cm³/mol. The molecule has 0 aromatic rings. The zero-order chi connectivity index (χ0) is 7.03. The quantitative estimate of drug-likeness (QED) is 0.521. The van der Waals surface area contributed by atoms with E-state index < -0.39 is 5.60 Å². The van der Waals surface area contributed by atoms with Gasteiger partial charge in [0.15, 0.2) is 0 Å². The topological polar surface area (TPSA) is 32.6 Å². The molecule has 2 nitrogen and oxygen atoms in total. The van der Waals surface area contributed by atoms with Gasteiger partial charge in [0.2, 0.25) is 0 Å². The average molecular weight is 133 g/mol. The standard InChI is InChI=1S/C8H7NO/c10-8-4-2-1-3-7(8)5-9-6-8/h1-6,10H. The van der Waals surface area contributed by atoms with Crippen molar-refractivity contribution in [1.82, 2.24) is 0 Å². The van der Waals surface area contributed by atoms with Crippen molar-refractivity contribution in [3.8, 4) is 0 Å². The number of rotatable bonds is 0. The summed E-state index contributed by atoms with van der Waals surface area (Å²) in [5.74, 6) is 0. The highest BCUT2D eigenvalue weighted by molar-refractivity contribution is 5.82. The van der Waals surface area contributed by atoms with Crippen molar-refractivity contribution >= 4 is 6.21 Å². The molecule has 50 valence electrons. The zero-order valence-corrected chi connectivity index (χ0v) is 5.36. The molecular formula is C8H7NO. The molecule has 2 aliphatic rings. The summed E-state index contributed by atoms with van der Waals surface area (Å²) in [6, 6.07) is 0. The Balaban J connectivity index is 2.51. The van der Waals surface area contributed by atoms with E-state index in [0.717, 1.165) is 5.57 Å². The van der Waals surface area contributed by atoms with Gasteiger partial charge in [-0.1, -0.05) is 18.2 Å². The Hall–Kier alpha value is -1.15. The number of hydrogen-bond acceptors (Lipinski definition) is 2. The lowest BCUT2D eigenvalue weighted by Crippen LogP contribution is -2.28. The lowest BCUT2D eigenvalue weighted by molar-refractivity contribution is 0.212. The van der Waals surface area contributed by atoms with Crippen molar-refractivity contribution in [2.24, 2.45) is 4.99 Å². The molecule has 1 aliphatic heterocycles. The summed E-state index contributed by atoms with van der Waals surface area (Å²) < 4.78 is 0. The van der Waals surface area contributed by atoms with Crippen LogP contribution in [0.25, 0.3) is 0 Å². The van der Waals surface area contributed by atoms with Crippen LogP contribution in [-0.2, 0) is 0 Å². The van der Waals surface area contributed by atoms with Crippen LogP contribution in [0.5, 0.6) is 0 Å². The second kappa shape index (κ2) is 1.67. The molecule has 0 spiro atoms. The van der Waals surface area contributed by atoms with E-state index in [-0.39, 0.29) is 0 Å². The Labute approximate surface area is 58.9 Å². The maximum atomic E-state index is 9.66. The van der Waals surface area contributed by atoms with Gasteiger partial charge in [-0.2, -0.15) is 0 Å². The fourth-order valence-corrected chi connectivity index (χ4v) is 1.09. The van der Waals surface area contributed by atoms with Gasteiger partial charge in [-0.3, -0.25) is 4.99 Å². The third kappa shape index (κ3) is 0.595. The van der Waals surface area contributed by atoms with Gasteiger partial charge in [0, 0.05) is 18.0 Å². The summed E-state index contributed by atoms with van der Waals surface area (Å²) in [5.41, 5.74) is -0.0654. The van der Waals surface area contributed by atoms with E-state index in [1.165, 1.54) is 6.21 Å². The Kier molecular flexibility index (Phi) is 0.939. The average Bonchev–Trinajstić information content (AvgIpc) is 2.29. The number of hydrogen-bond donors (Lipinski definition) is 1. The minimum Gasteiger partial charge on any atom is -0.376 e. The number of allylic oxidation sites excluding steroid dienone is 2. The molecule has 1 heterocycles. The van der Waals surface area contributed by atoms with Gasteiger partial charge in [-0.25, -0.2) is 0 Å². The first-order valence-electron chi connectivity index (χ1n) is 3.14. The van der Waals surface area contributed by atoms with Gasteiger partial charge in [0.05, 0.1) is 0 Å². The molecule has 0 aromatic carbocycles. The molecule has 0 bridgehead atoms. The lowest BCUT2D eigenvalue weighted by Gasteiger charge is -2.18. The highest BCUT2D eigenvalue weighted by Gasteiger charge is 2.28. The second-order valence-electron chi connectivity index (χ2n) is 2.41. The van der Waals surface area contributed by atoms with Gasteiger partial charge in [0.1, 0.15) is 5.60 Å². The van der Waals surface area contributed by atoms with Gasteiger partial charge >= 0.3 is 0 Å². The van der Waals surface area contributed by atoms with E-state index in [1.807, 2.05) is 18.2 Å². The molecular weight excluding hydrogens is 126 g/mol. The minimum atomic E-state index is -0.908. The SMILES string of the molecule is OC12C=CC=CC1=CN=C2. The van der Waals surface area contributed by atoms with Gasteiger partial charge in [-0.15, -0.1) is 0 Å². The van der Waals surface area contributed by atoms with Gasteiger partial charge in [-0.05, 0) is 6.08 Å². The summed E-state index contributed by atoms with van der Waals surface area (Å²) in [4.78, 5) is 3.86. The van der Waals surface area contributed by atoms with E-state index in [0.29, 0.717) is 0 Å². The molecule has 0 saturated carbocycles. The highest BCUT2D eigenvalue weighted by atomic mass is 16.3. The summed E-state index contributed by atoms with van der Waals surface area (Å²) >= 11 is 0. The van der Waals surface area contributed by atoms with Crippen LogP contribution in [0.3, 0.4) is 0 Å². The molecule has 2 heteroatoms. The smallest absolute Gasteiger partial charge is 0.145 e. The van der Waals surface area contributed by atoms with Crippen LogP contribution >= 0.6 is 0 Å². The van der Waals surface area contributed by atoms with Crippen LogP contribution in [0.1, 0.15) is 0 Å². The predicted octanol–water partition coefficient (Wildman–Crippen LogP) is 0.812. The molecule has 0 saturated heterocycles. The van der Waals surface area contributed by atoms with E-state index in [1.54, 1.807) is 12.3 Å². The number of fused-ring (bicyclic) bond motifs is 1. The molecule has 1 unspecified atom stereocenters. The molecule has 0 radical (unpaired) electrons. The first-order valence-corrected chi connectivity index (χ1v) is 3.14. The molecule has 10 heavy (non-hydrogen) atoms. The number of aliphatic imine (C=N–C) groups is 1. The normalized spacial score (nSPS) is 34.3. The van der Waals surface area contributed by atoms with Gasteiger partial charge < -0.3 is 5.11 Å². The third-order valence-electron chi connectivity index (χ3n) is 1.68. The van der Waals surface area contributed by atoms with E-state index in [9.17, 15) is 5.11 Å². The summed E-state index contributed by atoms with van der Waals surface area (Å²) in [5, 5.41) is 9.66. The first kappa shape index (κ1) is 5.62. The molecule has 1 atom stereocenters. The fraction of sp³-hybridized carbons (Fsp3) is 0.125. The second-order valence-corrected chi connectivity index (χ2v) is 2.41. The molecule has 1 N–H and O–H groups in total. The van der Waals surface area contributed by atoms with Crippen LogP contribution in [0.15, 0.2) is 41.1 Å². The monoisotopic (exact) mass is 133 g/mol.